The van der Waals surface area contributed by atoms with Gasteiger partial charge in [0, 0.05) is 17.3 Å². The van der Waals surface area contributed by atoms with Crippen molar-refractivity contribution in [3.8, 4) is 11.8 Å². The maximum absolute atomic E-state index is 11.7. The fourth-order valence-corrected chi connectivity index (χ4v) is 1.56. The number of carbonyl (C=O) groups excluding carboxylic acids is 1. The van der Waals surface area contributed by atoms with Crippen LogP contribution in [0.5, 0.6) is 0 Å². The van der Waals surface area contributed by atoms with Crippen molar-refractivity contribution in [2.75, 3.05) is 11.9 Å². The number of amides is 2. The third-order valence-electron chi connectivity index (χ3n) is 2.73. The lowest BCUT2D eigenvalue weighted by Gasteiger charge is -2.09. The fourth-order valence-electron chi connectivity index (χ4n) is 1.56. The average Bonchev–Trinajstić information content (AvgIpc) is 3.14. The van der Waals surface area contributed by atoms with Gasteiger partial charge in [-0.15, -0.1) is 0 Å². The van der Waals surface area contributed by atoms with Crippen LogP contribution in [0.2, 0.25) is 0 Å². The number of rotatable bonds is 2. The van der Waals surface area contributed by atoms with Crippen molar-refractivity contribution in [3.05, 3.63) is 29.3 Å². The van der Waals surface area contributed by atoms with Gasteiger partial charge in [-0.05, 0) is 37.5 Å². The molecule has 1 aliphatic carbocycles. The first-order valence-corrected chi connectivity index (χ1v) is 6.06. The topological polar surface area (TPSA) is 67.1 Å². The molecule has 0 spiro atoms. The summed E-state index contributed by atoms with van der Waals surface area (Å²) in [5.74, 6) is 5.75. The molecule has 18 heavy (non-hydrogen) atoms. The van der Waals surface area contributed by atoms with E-state index in [1.54, 1.807) is 0 Å². The van der Waals surface area contributed by atoms with E-state index in [2.05, 4.69) is 22.5 Å². The standard InChI is InChI=1S/C14H17N3O/c1-10-4-5-11(3-2-8-15)9-13(10)17-14(18)16-12-6-7-12/h4-5,9,12H,6-8,15H2,1H3,(H2,16,17,18). The van der Waals surface area contributed by atoms with Crippen LogP contribution in [0.4, 0.5) is 10.5 Å². The normalized spacial score (nSPS) is 13.4. The summed E-state index contributed by atoms with van der Waals surface area (Å²) in [6, 6.07) is 5.93. The maximum Gasteiger partial charge on any atom is 0.319 e. The van der Waals surface area contributed by atoms with E-state index in [9.17, 15) is 4.79 Å². The van der Waals surface area contributed by atoms with E-state index < -0.39 is 0 Å². The fraction of sp³-hybridized carbons (Fsp3) is 0.357. The van der Waals surface area contributed by atoms with Gasteiger partial charge in [0.2, 0.25) is 0 Å². The molecule has 0 heterocycles. The Morgan fingerprint density at radius 1 is 1.50 bits per heavy atom. The number of aryl methyl sites for hydroxylation is 1. The van der Waals surface area contributed by atoms with E-state index in [1.807, 2.05) is 25.1 Å². The zero-order valence-electron chi connectivity index (χ0n) is 10.4. The molecule has 0 radical (unpaired) electrons. The second-order valence-corrected chi connectivity index (χ2v) is 4.41. The van der Waals surface area contributed by atoms with E-state index in [0.29, 0.717) is 12.6 Å². The first-order valence-electron chi connectivity index (χ1n) is 6.06. The summed E-state index contributed by atoms with van der Waals surface area (Å²) in [6.07, 6.45) is 2.16. The van der Waals surface area contributed by atoms with Gasteiger partial charge in [-0.3, -0.25) is 0 Å². The number of benzene rings is 1. The van der Waals surface area contributed by atoms with E-state index in [-0.39, 0.29) is 6.03 Å². The average molecular weight is 243 g/mol. The number of hydrogen-bond acceptors (Lipinski definition) is 2. The molecule has 0 aromatic heterocycles. The predicted octanol–water partition coefficient (Wildman–Crippen LogP) is 1.59. The lowest BCUT2D eigenvalue weighted by Crippen LogP contribution is -2.30. The Bertz CT molecular complexity index is 510. The summed E-state index contributed by atoms with van der Waals surface area (Å²) >= 11 is 0. The van der Waals surface area contributed by atoms with Crippen LogP contribution in [-0.4, -0.2) is 18.6 Å². The lowest BCUT2D eigenvalue weighted by molar-refractivity contribution is 0.251. The van der Waals surface area contributed by atoms with Crippen LogP contribution in [0.25, 0.3) is 0 Å². The Morgan fingerprint density at radius 3 is 2.94 bits per heavy atom. The van der Waals surface area contributed by atoms with E-state index >= 15 is 0 Å². The van der Waals surface area contributed by atoms with Crippen molar-refractivity contribution in [2.24, 2.45) is 5.73 Å². The molecule has 1 saturated carbocycles. The number of anilines is 1. The molecule has 1 aromatic carbocycles. The molecule has 2 rings (SSSR count). The Labute approximate surface area is 107 Å². The van der Waals surface area contributed by atoms with Gasteiger partial charge in [0.25, 0.3) is 0 Å². The van der Waals surface area contributed by atoms with Crippen LogP contribution >= 0.6 is 0 Å². The SMILES string of the molecule is Cc1ccc(C#CCN)cc1NC(=O)NC1CC1. The molecular formula is C14H17N3O. The summed E-state index contributed by atoms with van der Waals surface area (Å²) < 4.78 is 0. The summed E-state index contributed by atoms with van der Waals surface area (Å²) in [4.78, 5) is 11.7. The number of nitrogens with two attached hydrogens (primary N) is 1. The van der Waals surface area contributed by atoms with Crippen LogP contribution in [-0.2, 0) is 0 Å². The van der Waals surface area contributed by atoms with Crippen molar-refractivity contribution >= 4 is 11.7 Å². The molecular weight excluding hydrogens is 226 g/mol. The zero-order valence-corrected chi connectivity index (χ0v) is 10.4. The monoisotopic (exact) mass is 243 g/mol. The summed E-state index contributed by atoms with van der Waals surface area (Å²) in [6.45, 7) is 2.28. The van der Waals surface area contributed by atoms with Gasteiger partial charge in [0.05, 0.1) is 6.54 Å². The summed E-state index contributed by atoms with van der Waals surface area (Å²) in [5, 5.41) is 5.74. The van der Waals surface area contributed by atoms with E-state index in [1.165, 1.54) is 0 Å². The summed E-state index contributed by atoms with van der Waals surface area (Å²) in [5.41, 5.74) is 7.99. The molecule has 4 N–H and O–H groups in total. The van der Waals surface area contributed by atoms with E-state index in [0.717, 1.165) is 29.7 Å². The van der Waals surface area contributed by atoms with Crippen LogP contribution in [0, 0.1) is 18.8 Å². The first kappa shape index (κ1) is 12.5. The van der Waals surface area contributed by atoms with Gasteiger partial charge in [-0.25, -0.2) is 4.79 Å². The largest absolute Gasteiger partial charge is 0.335 e. The quantitative estimate of drug-likeness (QED) is 0.690. The molecule has 0 bridgehead atoms. The van der Waals surface area contributed by atoms with Crippen LogP contribution < -0.4 is 16.4 Å². The first-order chi connectivity index (χ1) is 8.69. The van der Waals surface area contributed by atoms with Gasteiger partial charge in [-0.2, -0.15) is 0 Å². The van der Waals surface area contributed by atoms with Gasteiger partial charge >= 0.3 is 6.03 Å². The Balaban J connectivity index is 2.07. The van der Waals surface area contributed by atoms with E-state index in [4.69, 9.17) is 5.73 Å². The Morgan fingerprint density at radius 2 is 2.28 bits per heavy atom. The van der Waals surface area contributed by atoms with Crippen molar-refractivity contribution < 1.29 is 4.79 Å². The molecule has 1 fully saturated rings. The molecule has 0 atom stereocenters. The van der Waals surface area contributed by atoms with Gasteiger partial charge < -0.3 is 16.4 Å². The highest BCUT2D eigenvalue weighted by Crippen LogP contribution is 2.20. The van der Waals surface area contributed by atoms with Crippen LogP contribution in [0.1, 0.15) is 24.0 Å². The zero-order chi connectivity index (χ0) is 13.0. The minimum absolute atomic E-state index is 0.149. The second kappa shape index (κ2) is 5.56. The summed E-state index contributed by atoms with van der Waals surface area (Å²) in [7, 11) is 0. The molecule has 1 aliphatic rings. The van der Waals surface area contributed by atoms with Gasteiger partial charge in [-0.1, -0.05) is 17.9 Å². The highest BCUT2D eigenvalue weighted by Gasteiger charge is 2.23. The molecule has 0 saturated heterocycles. The number of hydrogen-bond donors (Lipinski definition) is 3. The molecule has 94 valence electrons. The molecule has 1 aromatic rings. The van der Waals surface area contributed by atoms with Crippen molar-refractivity contribution in [3.63, 3.8) is 0 Å². The Kier molecular flexibility index (Phi) is 3.85. The smallest absolute Gasteiger partial charge is 0.319 e. The van der Waals surface area contributed by atoms with Crippen LogP contribution in [0.15, 0.2) is 18.2 Å². The Hall–Kier alpha value is -1.99. The third-order valence-corrected chi connectivity index (χ3v) is 2.73. The minimum atomic E-state index is -0.149. The second-order valence-electron chi connectivity index (χ2n) is 4.41. The number of urea groups is 1. The molecule has 0 unspecified atom stereocenters. The van der Waals surface area contributed by atoms with Crippen molar-refractivity contribution in [1.82, 2.24) is 5.32 Å². The van der Waals surface area contributed by atoms with Gasteiger partial charge in [0.15, 0.2) is 0 Å². The maximum atomic E-state index is 11.7. The molecule has 4 heteroatoms. The molecule has 2 amide bonds. The number of carbonyl (C=O) groups is 1. The van der Waals surface area contributed by atoms with Gasteiger partial charge in [0.1, 0.15) is 0 Å². The van der Waals surface area contributed by atoms with Crippen LogP contribution in [0.3, 0.4) is 0 Å². The lowest BCUT2D eigenvalue weighted by atomic mass is 10.1. The predicted molar refractivity (Wildman–Crippen MR) is 72.3 cm³/mol. The van der Waals surface area contributed by atoms with Crippen molar-refractivity contribution in [2.45, 2.75) is 25.8 Å². The highest BCUT2D eigenvalue weighted by molar-refractivity contribution is 5.90. The highest BCUT2D eigenvalue weighted by atomic mass is 16.2. The van der Waals surface area contributed by atoms with Crippen molar-refractivity contribution in [1.29, 1.82) is 0 Å². The molecule has 0 aliphatic heterocycles. The minimum Gasteiger partial charge on any atom is -0.335 e. The molecule has 4 nitrogen and oxygen atoms in total. The third kappa shape index (κ3) is 3.51. The number of nitrogens with one attached hydrogen (secondary N) is 2.